The van der Waals surface area contributed by atoms with Crippen LogP contribution >= 0.6 is 11.6 Å². The van der Waals surface area contributed by atoms with E-state index >= 15 is 0 Å². The minimum absolute atomic E-state index is 0.0219. The standard InChI is InChI=1S/C24H27ClN4O3/c1-31-19-5-3-4-18(13-19)27-24-28-21-11-10-17(25)12-20(21)22(29-24)26-14-15-6-8-16(9-7-15)23(30)32-2/h3-5,10-13,15-16H,6-9,14H2,1-2H3,(H2,26,27,28,29). The predicted octanol–water partition coefficient (Wildman–Crippen LogP) is 5.43. The largest absolute Gasteiger partial charge is 0.497 e. The number of aromatic nitrogens is 2. The Bertz CT molecular complexity index is 1100. The fourth-order valence-corrected chi connectivity index (χ4v) is 4.30. The lowest BCUT2D eigenvalue weighted by Crippen LogP contribution is -2.26. The summed E-state index contributed by atoms with van der Waals surface area (Å²) < 4.78 is 10.2. The van der Waals surface area contributed by atoms with E-state index in [0.29, 0.717) is 16.9 Å². The summed E-state index contributed by atoms with van der Waals surface area (Å²) in [5.74, 6) is 2.37. The molecule has 1 aliphatic carbocycles. The minimum atomic E-state index is -0.0962. The van der Waals surface area contributed by atoms with Crippen molar-refractivity contribution in [2.24, 2.45) is 11.8 Å². The van der Waals surface area contributed by atoms with Gasteiger partial charge in [0, 0.05) is 28.7 Å². The molecule has 1 aromatic heterocycles. The van der Waals surface area contributed by atoms with E-state index < -0.39 is 0 Å². The number of rotatable bonds is 7. The fraction of sp³-hybridized carbons (Fsp3) is 0.375. The van der Waals surface area contributed by atoms with Crippen molar-refractivity contribution in [3.05, 3.63) is 47.5 Å². The van der Waals surface area contributed by atoms with E-state index in [-0.39, 0.29) is 11.9 Å². The second-order valence-electron chi connectivity index (χ2n) is 8.04. The number of methoxy groups -OCH3 is 2. The van der Waals surface area contributed by atoms with E-state index in [2.05, 4.69) is 15.6 Å². The van der Waals surface area contributed by atoms with Crippen molar-refractivity contribution in [2.45, 2.75) is 25.7 Å². The molecular weight excluding hydrogens is 428 g/mol. The molecule has 1 fully saturated rings. The molecule has 1 saturated carbocycles. The SMILES string of the molecule is COC(=O)C1CCC(CNc2nc(Nc3cccc(OC)c3)nc3ccc(Cl)cc23)CC1. The van der Waals surface area contributed by atoms with Crippen LogP contribution in [0.15, 0.2) is 42.5 Å². The van der Waals surface area contributed by atoms with Crippen LogP contribution in [0.2, 0.25) is 5.02 Å². The van der Waals surface area contributed by atoms with Gasteiger partial charge < -0.3 is 20.1 Å². The van der Waals surface area contributed by atoms with E-state index in [1.54, 1.807) is 7.11 Å². The molecule has 4 rings (SSSR count). The quantitative estimate of drug-likeness (QED) is 0.460. The summed E-state index contributed by atoms with van der Waals surface area (Å²) in [4.78, 5) is 21.2. The minimum Gasteiger partial charge on any atom is -0.497 e. The number of ether oxygens (including phenoxy) is 2. The van der Waals surface area contributed by atoms with Gasteiger partial charge in [-0.1, -0.05) is 17.7 Å². The van der Waals surface area contributed by atoms with Crippen LogP contribution in [-0.2, 0) is 9.53 Å². The number of anilines is 3. The zero-order chi connectivity index (χ0) is 22.5. The monoisotopic (exact) mass is 454 g/mol. The van der Waals surface area contributed by atoms with Crippen molar-refractivity contribution in [3.8, 4) is 5.75 Å². The molecule has 7 nitrogen and oxygen atoms in total. The second kappa shape index (κ2) is 10.0. The first kappa shape index (κ1) is 22.1. The number of benzene rings is 2. The Hall–Kier alpha value is -3.06. The summed E-state index contributed by atoms with van der Waals surface area (Å²) in [5.41, 5.74) is 1.64. The lowest BCUT2D eigenvalue weighted by molar-refractivity contribution is -0.146. The Morgan fingerprint density at radius 1 is 1.09 bits per heavy atom. The predicted molar refractivity (Wildman–Crippen MR) is 127 cm³/mol. The Morgan fingerprint density at radius 2 is 1.91 bits per heavy atom. The fourth-order valence-electron chi connectivity index (χ4n) is 4.13. The molecular formula is C24H27ClN4O3. The topological polar surface area (TPSA) is 85.4 Å². The maximum atomic E-state index is 11.8. The van der Waals surface area contributed by atoms with Crippen molar-refractivity contribution in [1.29, 1.82) is 0 Å². The molecule has 1 aliphatic rings. The maximum absolute atomic E-state index is 11.8. The van der Waals surface area contributed by atoms with Gasteiger partial charge >= 0.3 is 5.97 Å². The molecule has 0 radical (unpaired) electrons. The number of hydrogen-bond acceptors (Lipinski definition) is 7. The van der Waals surface area contributed by atoms with Crippen LogP contribution in [-0.4, -0.2) is 36.7 Å². The first-order chi connectivity index (χ1) is 15.6. The van der Waals surface area contributed by atoms with E-state index in [4.69, 9.17) is 26.1 Å². The molecule has 32 heavy (non-hydrogen) atoms. The maximum Gasteiger partial charge on any atom is 0.308 e. The highest BCUT2D eigenvalue weighted by Gasteiger charge is 2.27. The second-order valence-corrected chi connectivity index (χ2v) is 8.47. The third kappa shape index (κ3) is 5.22. The van der Waals surface area contributed by atoms with Gasteiger partial charge in [-0.15, -0.1) is 0 Å². The third-order valence-corrected chi connectivity index (χ3v) is 6.16. The summed E-state index contributed by atoms with van der Waals surface area (Å²) >= 11 is 6.25. The van der Waals surface area contributed by atoms with Gasteiger partial charge in [0.2, 0.25) is 5.95 Å². The van der Waals surface area contributed by atoms with Gasteiger partial charge in [0.1, 0.15) is 11.6 Å². The number of carbonyl (C=O) groups is 1. The van der Waals surface area contributed by atoms with Gasteiger partial charge in [-0.05, 0) is 61.9 Å². The molecule has 3 aromatic rings. The van der Waals surface area contributed by atoms with Gasteiger partial charge in [0.05, 0.1) is 25.7 Å². The zero-order valence-corrected chi connectivity index (χ0v) is 19.0. The molecule has 0 saturated heterocycles. The van der Waals surface area contributed by atoms with E-state index in [0.717, 1.165) is 60.4 Å². The van der Waals surface area contributed by atoms with Crippen LogP contribution in [0.3, 0.4) is 0 Å². The summed E-state index contributed by atoms with van der Waals surface area (Å²) in [5, 5.41) is 8.27. The van der Waals surface area contributed by atoms with Crippen molar-refractivity contribution in [1.82, 2.24) is 9.97 Å². The summed E-state index contributed by atoms with van der Waals surface area (Å²) in [7, 11) is 3.09. The molecule has 0 bridgehead atoms. The van der Waals surface area contributed by atoms with Crippen LogP contribution in [0, 0.1) is 11.8 Å². The number of nitrogens with one attached hydrogen (secondary N) is 2. The molecule has 1 heterocycles. The number of hydrogen-bond donors (Lipinski definition) is 2. The van der Waals surface area contributed by atoms with Crippen LogP contribution < -0.4 is 15.4 Å². The Balaban J connectivity index is 1.52. The lowest BCUT2D eigenvalue weighted by Gasteiger charge is -2.27. The highest BCUT2D eigenvalue weighted by Crippen LogP contribution is 2.31. The van der Waals surface area contributed by atoms with Crippen molar-refractivity contribution in [3.63, 3.8) is 0 Å². The lowest BCUT2D eigenvalue weighted by atomic mass is 9.82. The number of nitrogens with zero attached hydrogens (tertiary/aromatic N) is 2. The smallest absolute Gasteiger partial charge is 0.308 e. The van der Waals surface area contributed by atoms with Gasteiger partial charge in [-0.25, -0.2) is 4.98 Å². The highest BCUT2D eigenvalue weighted by atomic mass is 35.5. The number of fused-ring (bicyclic) bond motifs is 1. The normalized spacial score (nSPS) is 18.2. The van der Waals surface area contributed by atoms with Crippen LogP contribution in [0.1, 0.15) is 25.7 Å². The average molecular weight is 455 g/mol. The molecule has 0 spiro atoms. The molecule has 2 aromatic carbocycles. The Kier molecular flexibility index (Phi) is 6.95. The highest BCUT2D eigenvalue weighted by molar-refractivity contribution is 6.31. The average Bonchev–Trinajstić information content (AvgIpc) is 2.82. The third-order valence-electron chi connectivity index (χ3n) is 5.92. The molecule has 0 unspecified atom stereocenters. The summed E-state index contributed by atoms with van der Waals surface area (Å²) in [6.45, 7) is 0.769. The van der Waals surface area contributed by atoms with Crippen molar-refractivity contribution in [2.75, 3.05) is 31.4 Å². The first-order valence-electron chi connectivity index (χ1n) is 10.8. The molecule has 168 valence electrons. The molecule has 2 N–H and O–H groups in total. The van der Waals surface area contributed by atoms with Crippen LogP contribution in [0.4, 0.5) is 17.5 Å². The molecule has 0 aliphatic heterocycles. The van der Waals surface area contributed by atoms with Gasteiger partial charge in [0.25, 0.3) is 0 Å². The zero-order valence-electron chi connectivity index (χ0n) is 18.2. The molecule has 0 atom stereocenters. The number of carbonyl (C=O) groups excluding carboxylic acids is 1. The first-order valence-corrected chi connectivity index (χ1v) is 11.1. The molecule has 0 amide bonds. The summed E-state index contributed by atoms with van der Waals surface area (Å²) in [6, 6.07) is 13.2. The van der Waals surface area contributed by atoms with Crippen molar-refractivity contribution < 1.29 is 14.3 Å². The van der Waals surface area contributed by atoms with Gasteiger partial charge in [-0.3, -0.25) is 4.79 Å². The van der Waals surface area contributed by atoms with Gasteiger partial charge in [0.15, 0.2) is 0 Å². The van der Waals surface area contributed by atoms with Crippen LogP contribution in [0.5, 0.6) is 5.75 Å². The van der Waals surface area contributed by atoms with E-state index in [1.807, 2.05) is 42.5 Å². The number of halogens is 1. The summed E-state index contributed by atoms with van der Waals surface area (Å²) in [6.07, 6.45) is 3.67. The Labute approximate surface area is 192 Å². The van der Waals surface area contributed by atoms with E-state index in [1.165, 1.54) is 7.11 Å². The van der Waals surface area contributed by atoms with Gasteiger partial charge in [-0.2, -0.15) is 4.98 Å². The van der Waals surface area contributed by atoms with Crippen molar-refractivity contribution >= 4 is 45.9 Å². The van der Waals surface area contributed by atoms with Crippen LogP contribution in [0.25, 0.3) is 10.9 Å². The van der Waals surface area contributed by atoms with E-state index in [9.17, 15) is 4.79 Å². The number of esters is 1. The Morgan fingerprint density at radius 3 is 2.66 bits per heavy atom. The molecule has 8 heteroatoms.